The van der Waals surface area contributed by atoms with Crippen LogP contribution in [0.4, 0.5) is 0 Å². The molecule has 0 radical (unpaired) electrons. The number of cyclic esters (lactones) is 1. The van der Waals surface area contributed by atoms with Crippen molar-refractivity contribution in [2.75, 3.05) is 0 Å². The van der Waals surface area contributed by atoms with E-state index in [9.17, 15) is 13.2 Å². The average molecular weight is 267 g/mol. The standard InChI is InChI=1S/C12H13NO4S/c1-9-11(12(14)17-9)13-18(15,16)8-7-10-5-3-2-4-6-10/h2-9,11,13H,1H3/b8-7+/t9-,11+/m1/s1. The topological polar surface area (TPSA) is 72.5 Å². The number of hydrogen-bond donors (Lipinski definition) is 1. The molecule has 1 aliphatic rings. The van der Waals surface area contributed by atoms with Gasteiger partial charge in [0, 0.05) is 5.41 Å². The second kappa shape index (κ2) is 4.91. The van der Waals surface area contributed by atoms with Gasteiger partial charge in [-0.3, -0.25) is 4.79 Å². The van der Waals surface area contributed by atoms with Gasteiger partial charge >= 0.3 is 5.97 Å². The van der Waals surface area contributed by atoms with E-state index in [-0.39, 0.29) is 0 Å². The van der Waals surface area contributed by atoms with Crippen molar-refractivity contribution in [1.29, 1.82) is 0 Å². The molecule has 1 aromatic rings. The third-order valence-electron chi connectivity index (χ3n) is 2.56. The predicted octanol–water partition coefficient (Wildman–Crippen LogP) is 0.891. The second-order valence-electron chi connectivity index (χ2n) is 4.00. The lowest BCUT2D eigenvalue weighted by Crippen LogP contribution is -2.58. The molecule has 1 saturated heterocycles. The average Bonchev–Trinajstić information content (AvgIpc) is 2.36. The molecule has 1 aliphatic heterocycles. The van der Waals surface area contributed by atoms with Crippen molar-refractivity contribution < 1.29 is 17.9 Å². The number of sulfonamides is 1. The van der Waals surface area contributed by atoms with Crippen LogP contribution in [0.1, 0.15) is 12.5 Å². The van der Waals surface area contributed by atoms with Crippen molar-refractivity contribution in [2.45, 2.75) is 19.1 Å². The minimum absolute atomic E-state index is 0.419. The molecule has 0 aliphatic carbocycles. The molecule has 1 fully saturated rings. The highest BCUT2D eigenvalue weighted by molar-refractivity contribution is 7.92. The maximum atomic E-state index is 11.7. The van der Waals surface area contributed by atoms with Crippen molar-refractivity contribution in [1.82, 2.24) is 4.72 Å². The van der Waals surface area contributed by atoms with Crippen LogP contribution in [0, 0.1) is 0 Å². The van der Waals surface area contributed by atoms with Crippen molar-refractivity contribution in [3.63, 3.8) is 0 Å². The molecule has 18 heavy (non-hydrogen) atoms. The molecular weight excluding hydrogens is 254 g/mol. The SMILES string of the molecule is C[C@H]1OC(=O)[C@H]1NS(=O)(=O)/C=C/c1ccccc1. The molecule has 1 aromatic carbocycles. The molecular formula is C12H13NO4S. The minimum Gasteiger partial charge on any atom is -0.459 e. The number of rotatable bonds is 4. The Labute approximate surface area is 106 Å². The van der Waals surface area contributed by atoms with E-state index in [2.05, 4.69) is 9.46 Å². The first-order valence-corrected chi connectivity index (χ1v) is 6.98. The molecule has 0 unspecified atom stereocenters. The van der Waals surface area contributed by atoms with Gasteiger partial charge in [-0.1, -0.05) is 30.3 Å². The molecule has 0 saturated carbocycles. The summed E-state index contributed by atoms with van der Waals surface area (Å²) in [7, 11) is -3.64. The van der Waals surface area contributed by atoms with Crippen LogP contribution >= 0.6 is 0 Å². The van der Waals surface area contributed by atoms with E-state index in [1.54, 1.807) is 19.1 Å². The Kier molecular flexibility index (Phi) is 3.49. The summed E-state index contributed by atoms with van der Waals surface area (Å²) in [6, 6.07) is 8.25. The predicted molar refractivity (Wildman–Crippen MR) is 66.9 cm³/mol. The Hall–Kier alpha value is -1.66. The Morgan fingerprint density at radius 3 is 2.50 bits per heavy atom. The van der Waals surface area contributed by atoms with Gasteiger partial charge in [-0.15, -0.1) is 0 Å². The van der Waals surface area contributed by atoms with Crippen LogP contribution in [0.2, 0.25) is 0 Å². The van der Waals surface area contributed by atoms with Crippen molar-refractivity contribution >= 4 is 22.1 Å². The second-order valence-corrected chi connectivity index (χ2v) is 5.59. The molecule has 2 atom stereocenters. The molecule has 0 amide bonds. The van der Waals surface area contributed by atoms with Crippen molar-refractivity contribution in [3.05, 3.63) is 41.3 Å². The fourth-order valence-corrected chi connectivity index (χ4v) is 2.59. The molecule has 0 aromatic heterocycles. The third kappa shape index (κ3) is 2.96. The van der Waals surface area contributed by atoms with Crippen LogP contribution in [0.3, 0.4) is 0 Å². The van der Waals surface area contributed by atoms with Gasteiger partial charge in [-0.25, -0.2) is 8.42 Å². The van der Waals surface area contributed by atoms with Crippen molar-refractivity contribution in [3.8, 4) is 0 Å². The monoisotopic (exact) mass is 267 g/mol. The van der Waals surface area contributed by atoms with Crippen LogP contribution in [0.25, 0.3) is 6.08 Å². The smallest absolute Gasteiger partial charge is 0.328 e. The van der Waals surface area contributed by atoms with E-state index < -0.39 is 28.1 Å². The number of carbonyl (C=O) groups excluding carboxylic acids is 1. The van der Waals surface area contributed by atoms with Gasteiger partial charge in [0.15, 0.2) is 6.04 Å². The first-order valence-electron chi connectivity index (χ1n) is 5.44. The number of ether oxygens (including phenoxy) is 1. The highest BCUT2D eigenvalue weighted by Crippen LogP contribution is 2.15. The fourth-order valence-electron chi connectivity index (χ4n) is 1.54. The molecule has 2 rings (SSSR count). The Morgan fingerprint density at radius 2 is 1.94 bits per heavy atom. The van der Waals surface area contributed by atoms with E-state index in [1.807, 2.05) is 18.2 Å². The Morgan fingerprint density at radius 1 is 1.28 bits per heavy atom. The van der Waals surface area contributed by atoms with Crippen LogP contribution in [0.15, 0.2) is 35.7 Å². The minimum atomic E-state index is -3.64. The van der Waals surface area contributed by atoms with Crippen molar-refractivity contribution in [2.24, 2.45) is 0 Å². The number of hydrogen-bond acceptors (Lipinski definition) is 4. The summed E-state index contributed by atoms with van der Waals surface area (Å²) >= 11 is 0. The summed E-state index contributed by atoms with van der Waals surface area (Å²) in [5.74, 6) is -0.542. The summed E-state index contributed by atoms with van der Waals surface area (Å²) in [6.45, 7) is 1.63. The third-order valence-corrected chi connectivity index (χ3v) is 3.63. The van der Waals surface area contributed by atoms with Gasteiger partial charge in [0.1, 0.15) is 6.10 Å². The highest BCUT2D eigenvalue weighted by Gasteiger charge is 2.41. The highest BCUT2D eigenvalue weighted by atomic mass is 32.2. The molecule has 1 heterocycles. The molecule has 6 heteroatoms. The van der Waals surface area contributed by atoms with E-state index in [4.69, 9.17) is 0 Å². The molecule has 96 valence electrons. The molecule has 0 bridgehead atoms. The van der Waals surface area contributed by atoms with Gasteiger partial charge in [0.25, 0.3) is 0 Å². The van der Waals surface area contributed by atoms with Gasteiger partial charge in [0.2, 0.25) is 10.0 Å². The number of benzene rings is 1. The number of esters is 1. The first-order chi connectivity index (χ1) is 8.48. The maximum Gasteiger partial charge on any atom is 0.328 e. The zero-order chi connectivity index (χ0) is 13.2. The summed E-state index contributed by atoms with van der Waals surface area (Å²) in [4.78, 5) is 11.0. The van der Waals surface area contributed by atoms with Crippen LogP contribution in [-0.2, 0) is 19.6 Å². The normalized spacial score (nSPS) is 23.7. The summed E-state index contributed by atoms with van der Waals surface area (Å²) in [5.41, 5.74) is 0.770. The van der Waals surface area contributed by atoms with Crippen LogP contribution < -0.4 is 4.72 Å². The summed E-state index contributed by atoms with van der Waals surface area (Å²) in [5, 5.41) is 1.04. The van der Waals surface area contributed by atoms with Gasteiger partial charge < -0.3 is 4.74 Å². The van der Waals surface area contributed by atoms with E-state index in [0.29, 0.717) is 0 Å². The van der Waals surface area contributed by atoms with E-state index in [0.717, 1.165) is 11.0 Å². The van der Waals surface area contributed by atoms with Crippen LogP contribution in [-0.4, -0.2) is 26.5 Å². The summed E-state index contributed by atoms with van der Waals surface area (Å²) in [6.07, 6.45) is 1.05. The van der Waals surface area contributed by atoms with Gasteiger partial charge in [-0.2, -0.15) is 4.72 Å². The zero-order valence-corrected chi connectivity index (χ0v) is 10.6. The zero-order valence-electron chi connectivity index (χ0n) is 9.74. The fraction of sp³-hybridized carbons (Fsp3) is 0.250. The molecule has 1 N–H and O–H groups in total. The largest absolute Gasteiger partial charge is 0.459 e. The molecule has 5 nitrogen and oxygen atoms in total. The van der Waals surface area contributed by atoms with E-state index >= 15 is 0 Å². The Balaban J connectivity index is 2.04. The van der Waals surface area contributed by atoms with Crippen LogP contribution in [0.5, 0.6) is 0 Å². The Bertz CT molecular complexity index is 565. The molecule has 0 spiro atoms. The quantitative estimate of drug-likeness (QED) is 0.822. The van der Waals surface area contributed by atoms with Gasteiger partial charge in [0.05, 0.1) is 0 Å². The first kappa shape index (κ1) is 12.8. The number of carbonyl (C=O) groups is 1. The number of nitrogens with one attached hydrogen (secondary N) is 1. The van der Waals surface area contributed by atoms with E-state index in [1.165, 1.54) is 6.08 Å². The maximum absolute atomic E-state index is 11.7. The lowest BCUT2D eigenvalue weighted by Gasteiger charge is -2.31. The lowest BCUT2D eigenvalue weighted by atomic mass is 10.1. The lowest BCUT2D eigenvalue weighted by molar-refractivity contribution is -0.173. The summed E-state index contributed by atoms with van der Waals surface area (Å²) < 4.78 is 30.3. The van der Waals surface area contributed by atoms with Gasteiger partial charge in [-0.05, 0) is 18.6 Å².